The predicted octanol–water partition coefficient (Wildman–Crippen LogP) is 3.44. The first-order chi connectivity index (χ1) is 13.2. The normalized spacial score (nSPS) is 15.2. The highest BCUT2D eigenvalue weighted by atomic mass is 19.1. The summed E-state index contributed by atoms with van der Waals surface area (Å²) in [4.78, 5) is 6.93. The Morgan fingerprint density at radius 2 is 2.04 bits per heavy atom. The molecule has 1 N–H and O–H groups in total. The summed E-state index contributed by atoms with van der Waals surface area (Å²) in [5.41, 5.74) is 2.15. The summed E-state index contributed by atoms with van der Waals surface area (Å²) in [6.07, 6.45) is 7.34. The van der Waals surface area contributed by atoms with Crippen molar-refractivity contribution < 1.29 is 9.13 Å². The van der Waals surface area contributed by atoms with E-state index in [2.05, 4.69) is 20.3 Å². The third-order valence-corrected chi connectivity index (χ3v) is 4.93. The summed E-state index contributed by atoms with van der Waals surface area (Å²) >= 11 is 0. The molecule has 0 radical (unpaired) electrons. The third-order valence-electron chi connectivity index (χ3n) is 4.93. The quantitative estimate of drug-likeness (QED) is 0.721. The zero-order valence-corrected chi connectivity index (χ0v) is 15.5. The van der Waals surface area contributed by atoms with Crippen LogP contribution in [0.2, 0.25) is 0 Å². The number of ether oxygens (including phenoxy) is 1. The van der Waals surface area contributed by atoms with Gasteiger partial charge in [0.25, 0.3) is 0 Å². The van der Waals surface area contributed by atoms with Gasteiger partial charge in [-0.1, -0.05) is 6.42 Å². The predicted molar refractivity (Wildman–Crippen MR) is 104 cm³/mol. The van der Waals surface area contributed by atoms with Crippen molar-refractivity contribution >= 4 is 11.5 Å². The van der Waals surface area contributed by atoms with Crippen molar-refractivity contribution in [1.82, 2.24) is 19.5 Å². The Kier molecular flexibility index (Phi) is 5.20. The summed E-state index contributed by atoms with van der Waals surface area (Å²) in [5, 5.41) is 7.32. The van der Waals surface area contributed by atoms with Crippen molar-refractivity contribution in [3.8, 4) is 16.9 Å². The molecular formula is C20H24FN5O. The molecule has 2 aromatic heterocycles. The smallest absolute Gasteiger partial charge is 0.165 e. The molecule has 142 valence electrons. The lowest BCUT2D eigenvalue weighted by Crippen LogP contribution is -2.33. The van der Waals surface area contributed by atoms with E-state index in [9.17, 15) is 4.39 Å². The number of nitrogens with zero attached hydrogens (tertiary/aromatic N) is 4. The van der Waals surface area contributed by atoms with Crippen LogP contribution in [0, 0.1) is 5.82 Å². The molecule has 0 aliphatic carbocycles. The highest BCUT2D eigenvalue weighted by molar-refractivity contribution is 5.78. The van der Waals surface area contributed by atoms with Gasteiger partial charge in [-0.2, -0.15) is 5.10 Å². The van der Waals surface area contributed by atoms with E-state index in [1.807, 2.05) is 25.4 Å². The maximum absolute atomic E-state index is 14.2. The number of anilines is 1. The topological polar surface area (TPSA) is 54.7 Å². The molecule has 3 heterocycles. The molecule has 0 unspecified atom stereocenters. The van der Waals surface area contributed by atoms with E-state index in [1.165, 1.54) is 31.4 Å². The van der Waals surface area contributed by atoms with Gasteiger partial charge in [0.2, 0.25) is 0 Å². The number of aromatic nitrogens is 3. The third kappa shape index (κ3) is 4.03. The van der Waals surface area contributed by atoms with Crippen molar-refractivity contribution in [3.05, 3.63) is 42.5 Å². The van der Waals surface area contributed by atoms with Crippen LogP contribution in [0.15, 0.2) is 36.7 Å². The Bertz CT molecular complexity index is 920. The number of likely N-dealkylation sites (tertiary alicyclic amines) is 1. The Hall–Kier alpha value is -2.67. The second-order valence-electron chi connectivity index (χ2n) is 6.82. The van der Waals surface area contributed by atoms with Gasteiger partial charge in [-0.25, -0.2) is 13.9 Å². The Morgan fingerprint density at radius 3 is 2.85 bits per heavy atom. The van der Waals surface area contributed by atoms with Crippen LogP contribution in [0.5, 0.6) is 5.75 Å². The minimum Gasteiger partial charge on any atom is -0.492 e. The van der Waals surface area contributed by atoms with Crippen LogP contribution in [0.4, 0.5) is 10.2 Å². The molecule has 0 bridgehead atoms. The number of nitrogens with one attached hydrogen (secondary N) is 1. The van der Waals surface area contributed by atoms with Gasteiger partial charge >= 0.3 is 0 Å². The first-order valence-corrected chi connectivity index (χ1v) is 9.41. The summed E-state index contributed by atoms with van der Waals surface area (Å²) in [5.74, 6) is 0.939. The van der Waals surface area contributed by atoms with Crippen LogP contribution in [-0.2, 0) is 0 Å². The van der Waals surface area contributed by atoms with Gasteiger partial charge in [0, 0.05) is 31.4 Å². The van der Waals surface area contributed by atoms with Gasteiger partial charge in [0.15, 0.2) is 5.65 Å². The molecule has 0 atom stereocenters. The Labute approximate surface area is 158 Å². The van der Waals surface area contributed by atoms with Gasteiger partial charge in [0.1, 0.15) is 24.0 Å². The minimum absolute atomic E-state index is 0.329. The van der Waals surface area contributed by atoms with Gasteiger partial charge in [0.05, 0.1) is 6.20 Å². The number of benzene rings is 1. The monoisotopic (exact) mass is 369 g/mol. The number of rotatable bonds is 6. The Balaban J connectivity index is 1.53. The maximum atomic E-state index is 14.2. The fourth-order valence-corrected chi connectivity index (χ4v) is 3.49. The standard InChI is InChI=1S/C20H24FN5O/c1-22-19-5-8-26-20(24-19)18(14-23-26)15-11-16(21)13-17(12-15)27-10-9-25-6-3-2-4-7-25/h5,8,11-14H,2-4,6-7,9-10H2,1H3,(H,22,24). The molecule has 4 rings (SSSR count). The average Bonchev–Trinajstić information content (AvgIpc) is 3.11. The number of piperidine rings is 1. The van der Waals surface area contributed by atoms with E-state index in [-0.39, 0.29) is 5.82 Å². The molecule has 0 amide bonds. The van der Waals surface area contributed by atoms with E-state index in [4.69, 9.17) is 4.74 Å². The van der Waals surface area contributed by atoms with Gasteiger partial charge in [-0.3, -0.25) is 4.90 Å². The van der Waals surface area contributed by atoms with Crippen LogP contribution in [0.25, 0.3) is 16.8 Å². The number of hydrogen-bond acceptors (Lipinski definition) is 5. The molecule has 1 aliphatic heterocycles. The van der Waals surface area contributed by atoms with Gasteiger partial charge in [-0.15, -0.1) is 0 Å². The molecule has 1 saturated heterocycles. The molecule has 0 spiro atoms. The van der Waals surface area contributed by atoms with Crippen LogP contribution < -0.4 is 10.1 Å². The first-order valence-electron chi connectivity index (χ1n) is 9.41. The summed E-state index contributed by atoms with van der Waals surface area (Å²) < 4.78 is 21.7. The molecule has 6 nitrogen and oxygen atoms in total. The lowest BCUT2D eigenvalue weighted by molar-refractivity contribution is 0.183. The zero-order chi connectivity index (χ0) is 18.6. The SMILES string of the molecule is CNc1ccn2ncc(-c3cc(F)cc(OCCN4CCCCC4)c3)c2n1. The number of hydrogen-bond donors (Lipinski definition) is 1. The minimum atomic E-state index is -0.329. The molecule has 3 aromatic rings. The van der Waals surface area contributed by atoms with E-state index >= 15 is 0 Å². The second kappa shape index (κ2) is 7.92. The zero-order valence-electron chi connectivity index (χ0n) is 15.5. The van der Waals surface area contributed by atoms with Crippen molar-refractivity contribution in [2.45, 2.75) is 19.3 Å². The van der Waals surface area contributed by atoms with Crippen molar-refractivity contribution in [3.63, 3.8) is 0 Å². The second-order valence-corrected chi connectivity index (χ2v) is 6.82. The van der Waals surface area contributed by atoms with Gasteiger partial charge < -0.3 is 10.1 Å². The number of halogens is 1. The van der Waals surface area contributed by atoms with Gasteiger partial charge in [-0.05, 0) is 49.7 Å². The molecule has 0 saturated carbocycles. The molecule has 27 heavy (non-hydrogen) atoms. The van der Waals surface area contributed by atoms with E-state index in [0.29, 0.717) is 23.6 Å². The molecule has 1 aliphatic rings. The largest absolute Gasteiger partial charge is 0.492 e. The van der Waals surface area contributed by atoms with Crippen molar-refractivity contribution in [1.29, 1.82) is 0 Å². The Morgan fingerprint density at radius 1 is 1.19 bits per heavy atom. The molecule has 1 fully saturated rings. The van der Waals surface area contributed by atoms with E-state index < -0.39 is 0 Å². The van der Waals surface area contributed by atoms with Crippen molar-refractivity contribution in [2.75, 3.05) is 38.6 Å². The summed E-state index contributed by atoms with van der Waals surface area (Å²) in [6.45, 7) is 3.68. The fourth-order valence-electron chi connectivity index (χ4n) is 3.49. The van der Waals surface area contributed by atoms with E-state index in [0.717, 1.165) is 31.0 Å². The van der Waals surface area contributed by atoms with Crippen LogP contribution >= 0.6 is 0 Å². The van der Waals surface area contributed by atoms with Crippen molar-refractivity contribution in [2.24, 2.45) is 0 Å². The fraction of sp³-hybridized carbons (Fsp3) is 0.400. The highest BCUT2D eigenvalue weighted by Gasteiger charge is 2.13. The maximum Gasteiger partial charge on any atom is 0.165 e. The lowest BCUT2D eigenvalue weighted by atomic mass is 10.1. The average molecular weight is 369 g/mol. The highest BCUT2D eigenvalue weighted by Crippen LogP contribution is 2.28. The molecule has 1 aromatic carbocycles. The summed E-state index contributed by atoms with van der Waals surface area (Å²) in [7, 11) is 1.81. The summed E-state index contributed by atoms with van der Waals surface area (Å²) in [6, 6.07) is 6.61. The lowest BCUT2D eigenvalue weighted by Gasteiger charge is -2.26. The van der Waals surface area contributed by atoms with Crippen LogP contribution in [0.1, 0.15) is 19.3 Å². The van der Waals surface area contributed by atoms with E-state index in [1.54, 1.807) is 10.7 Å². The van der Waals surface area contributed by atoms with Crippen LogP contribution in [0.3, 0.4) is 0 Å². The van der Waals surface area contributed by atoms with Crippen LogP contribution in [-0.4, -0.2) is 52.8 Å². The molecular weight excluding hydrogens is 345 g/mol. The first kappa shape index (κ1) is 17.7. The number of fused-ring (bicyclic) bond motifs is 1. The molecule has 7 heteroatoms.